The smallest absolute Gasteiger partial charge is 0.254 e. The summed E-state index contributed by atoms with van der Waals surface area (Å²) in [5, 5.41) is 0. The van der Waals surface area contributed by atoms with Gasteiger partial charge in [-0.25, -0.2) is 0 Å². The number of carbonyl (C=O) groups excluding carboxylic acids is 2. The third-order valence-electron chi connectivity index (χ3n) is 6.51. The fourth-order valence-corrected chi connectivity index (χ4v) is 4.29. The first-order valence-corrected chi connectivity index (χ1v) is 12.6. The van der Waals surface area contributed by atoms with Gasteiger partial charge >= 0.3 is 0 Å². The molecule has 2 heterocycles. The quantitative estimate of drug-likeness (QED) is 0.409. The minimum Gasteiger partial charge on any atom is -0.467 e. The molecule has 0 radical (unpaired) electrons. The topological polar surface area (TPSA) is 66.2 Å². The fraction of sp³-hybridized carbons (Fsp3) is 0.379. The van der Waals surface area contributed by atoms with Gasteiger partial charge in [0.15, 0.2) is 0 Å². The van der Waals surface area contributed by atoms with E-state index in [1.165, 1.54) is 5.56 Å². The minimum absolute atomic E-state index is 0.00620. The van der Waals surface area contributed by atoms with E-state index in [2.05, 4.69) is 11.8 Å². The van der Waals surface area contributed by atoms with Crippen LogP contribution in [0.3, 0.4) is 0 Å². The van der Waals surface area contributed by atoms with Crippen LogP contribution in [0, 0.1) is 0 Å². The lowest BCUT2D eigenvalue weighted by atomic mass is 10.1. The normalized spacial score (nSPS) is 13.9. The Hall–Kier alpha value is -3.42. The summed E-state index contributed by atoms with van der Waals surface area (Å²) in [5.41, 5.74) is 2.80. The van der Waals surface area contributed by atoms with Crippen LogP contribution in [0.25, 0.3) is 0 Å². The van der Waals surface area contributed by atoms with Gasteiger partial charge < -0.3 is 19.0 Å². The van der Waals surface area contributed by atoms with Crippen molar-refractivity contribution in [2.45, 2.75) is 26.4 Å². The molecule has 4 rings (SSSR count). The summed E-state index contributed by atoms with van der Waals surface area (Å²) in [6.07, 6.45) is 2.52. The Balaban J connectivity index is 1.51. The lowest BCUT2D eigenvalue weighted by Gasteiger charge is -2.31. The molecule has 0 bridgehead atoms. The Morgan fingerprint density at radius 2 is 1.61 bits per heavy atom. The van der Waals surface area contributed by atoms with Gasteiger partial charge in [0.05, 0.1) is 26.0 Å². The highest BCUT2D eigenvalue weighted by atomic mass is 16.5. The molecule has 1 saturated heterocycles. The van der Waals surface area contributed by atoms with E-state index < -0.39 is 0 Å². The van der Waals surface area contributed by atoms with E-state index in [1.807, 2.05) is 66.7 Å². The molecule has 2 amide bonds. The van der Waals surface area contributed by atoms with Crippen LogP contribution in [-0.4, -0.2) is 72.5 Å². The maximum Gasteiger partial charge on any atom is 0.254 e. The molecule has 1 aliphatic heterocycles. The second-order valence-electron chi connectivity index (χ2n) is 9.05. The molecule has 190 valence electrons. The maximum atomic E-state index is 13.6. The Morgan fingerprint density at radius 3 is 2.28 bits per heavy atom. The van der Waals surface area contributed by atoms with E-state index in [4.69, 9.17) is 9.15 Å². The lowest BCUT2D eigenvalue weighted by Crippen LogP contribution is -2.47. The number of hydrogen-bond acceptors (Lipinski definition) is 5. The molecule has 7 nitrogen and oxygen atoms in total. The van der Waals surface area contributed by atoms with Crippen LogP contribution in [0.1, 0.15) is 34.2 Å². The summed E-state index contributed by atoms with van der Waals surface area (Å²) in [5.74, 6) is 0.466. The molecule has 0 atom stereocenters. The van der Waals surface area contributed by atoms with Crippen LogP contribution >= 0.6 is 0 Å². The van der Waals surface area contributed by atoms with Gasteiger partial charge in [0.2, 0.25) is 5.91 Å². The zero-order valence-corrected chi connectivity index (χ0v) is 21.0. The zero-order chi connectivity index (χ0) is 25.2. The summed E-state index contributed by atoms with van der Waals surface area (Å²) in [7, 11) is 0. The predicted molar refractivity (Wildman–Crippen MR) is 138 cm³/mol. The monoisotopic (exact) mass is 489 g/mol. The van der Waals surface area contributed by atoms with Crippen LogP contribution in [0.4, 0.5) is 0 Å². The molecular weight excluding hydrogens is 454 g/mol. The maximum absolute atomic E-state index is 13.6. The number of hydrogen-bond donors (Lipinski definition) is 0. The lowest BCUT2D eigenvalue weighted by molar-refractivity contribution is -0.133. The van der Waals surface area contributed by atoms with Crippen molar-refractivity contribution in [3.63, 3.8) is 0 Å². The van der Waals surface area contributed by atoms with Crippen molar-refractivity contribution in [1.29, 1.82) is 0 Å². The Labute approximate surface area is 213 Å². The van der Waals surface area contributed by atoms with E-state index in [-0.39, 0.29) is 18.4 Å². The van der Waals surface area contributed by atoms with Crippen molar-refractivity contribution in [2.24, 2.45) is 0 Å². The van der Waals surface area contributed by atoms with Gasteiger partial charge in [0, 0.05) is 38.3 Å². The van der Waals surface area contributed by atoms with E-state index in [1.54, 1.807) is 16.1 Å². The third kappa shape index (κ3) is 7.29. The van der Waals surface area contributed by atoms with Crippen molar-refractivity contribution in [2.75, 3.05) is 45.9 Å². The fourth-order valence-electron chi connectivity index (χ4n) is 4.29. The SMILES string of the molecule is CCc1ccc(C(=O)N(CCN2CCOCC2)CC(=O)N(Cc2ccccc2)Cc2ccco2)cc1. The molecule has 0 spiro atoms. The van der Waals surface area contributed by atoms with Gasteiger partial charge in [-0.05, 0) is 41.8 Å². The van der Waals surface area contributed by atoms with Crippen molar-refractivity contribution in [3.8, 4) is 0 Å². The minimum atomic E-state index is -0.128. The molecule has 1 fully saturated rings. The highest BCUT2D eigenvalue weighted by Gasteiger charge is 2.24. The first kappa shape index (κ1) is 25.7. The van der Waals surface area contributed by atoms with Gasteiger partial charge in [-0.1, -0.05) is 49.4 Å². The molecule has 0 saturated carbocycles. The second-order valence-corrected chi connectivity index (χ2v) is 9.05. The number of ether oxygens (including phenoxy) is 1. The number of amides is 2. The molecule has 0 unspecified atom stereocenters. The molecule has 1 aliphatic rings. The number of nitrogens with zero attached hydrogens (tertiary/aromatic N) is 3. The largest absolute Gasteiger partial charge is 0.467 e. The molecular formula is C29H35N3O4. The van der Waals surface area contributed by atoms with E-state index >= 15 is 0 Å². The molecule has 2 aromatic carbocycles. The summed E-state index contributed by atoms with van der Waals surface area (Å²) < 4.78 is 11.0. The van der Waals surface area contributed by atoms with E-state index in [9.17, 15) is 9.59 Å². The molecule has 1 aromatic heterocycles. The number of rotatable bonds is 11. The van der Waals surface area contributed by atoms with Crippen LogP contribution < -0.4 is 0 Å². The molecule has 36 heavy (non-hydrogen) atoms. The Bertz CT molecular complexity index is 1080. The number of benzene rings is 2. The second kappa shape index (κ2) is 13.0. The summed E-state index contributed by atoms with van der Waals surface area (Å²) >= 11 is 0. The van der Waals surface area contributed by atoms with Crippen molar-refractivity contribution < 1.29 is 18.7 Å². The average Bonchev–Trinajstić information content (AvgIpc) is 3.44. The van der Waals surface area contributed by atoms with Gasteiger partial charge in [-0.2, -0.15) is 0 Å². The number of carbonyl (C=O) groups is 2. The van der Waals surface area contributed by atoms with Crippen LogP contribution in [0.15, 0.2) is 77.4 Å². The third-order valence-corrected chi connectivity index (χ3v) is 6.51. The van der Waals surface area contributed by atoms with Crippen molar-refractivity contribution in [3.05, 3.63) is 95.4 Å². The number of furan rings is 1. The Kier molecular flexibility index (Phi) is 9.30. The van der Waals surface area contributed by atoms with E-state index in [0.29, 0.717) is 50.7 Å². The van der Waals surface area contributed by atoms with Gasteiger partial charge in [0.25, 0.3) is 5.91 Å². The summed E-state index contributed by atoms with van der Waals surface area (Å²) in [6.45, 7) is 7.11. The first-order chi connectivity index (χ1) is 17.6. The van der Waals surface area contributed by atoms with Gasteiger partial charge in [-0.15, -0.1) is 0 Å². The predicted octanol–water partition coefficient (Wildman–Crippen LogP) is 3.85. The van der Waals surface area contributed by atoms with Crippen LogP contribution in [-0.2, 0) is 29.0 Å². The molecule has 7 heteroatoms. The van der Waals surface area contributed by atoms with Crippen molar-refractivity contribution >= 4 is 11.8 Å². The number of aryl methyl sites for hydroxylation is 1. The standard InChI is InChI=1S/C29H35N3O4/c1-2-24-10-12-26(13-11-24)29(34)31(15-14-30-16-19-35-20-17-30)23-28(33)32(22-27-9-6-18-36-27)21-25-7-4-3-5-8-25/h3-13,18H,2,14-17,19-23H2,1H3. The van der Waals surface area contributed by atoms with E-state index in [0.717, 1.165) is 25.1 Å². The van der Waals surface area contributed by atoms with Gasteiger partial charge in [-0.3, -0.25) is 14.5 Å². The van der Waals surface area contributed by atoms with Crippen molar-refractivity contribution in [1.82, 2.24) is 14.7 Å². The highest BCUT2D eigenvalue weighted by molar-refractivity contribution is 5.96. The molecule has 3 aromatic rings. The number of morpholine rings is 1. The molecule has 0 aliphatic carbocycles. The first-order valence-electron chi connectivity index (χ1n) is 12.6. The zero-order valence-electron chi connectivity index (χ0n) is 21.0. The van der Waals surface area contributed by atoms with Gasteiger partial charge in [0.1, 0.15) is 12.3 Å². The van der Waals surface area contributed by atoms with Crippen LogP contribution in [0.5, 0.6) is 0 Å². The highest BCUT2D eigenvalue weighted by Crippen LogP contribution is 2.14. The molecule has 0 N–H and O–H groups in total. The average molecular weight is 490 g/mol. The summed E-state index contributed by atoms with van der Waals surface area (Å²) in [4.78, 5) is 32.9. The summed E-state index contributed by atoms with van der Waals surface area (Å²) in [6, 6.07) is 21.2. The van der Waals surface area contributed by atoms with Crippen LogP contribution in [0.2, 0.25) is 0 Å². The Morgan fingerprint density at radius 1 is 0.861 bits per heavy atom.